The molecule has 0 radical (unpaired) electrons. The Balaban J connectivity index is 1.89. The molecule has 0 fully saturated rings. The van der Waals surface area contributed by atoms with E-state index < -0.39 is 34.3 Å². The molecular formula is C18H17NO7S. The Morgan fingerprint density at radius 3 is 1.93 bits per heavy atom. The number of rotatable bonds is 6. The Bertz CT molecular complexity index is 948. The number of esters is 2. The number of ether oxygens (including phenoxy) is 2. The van der Waals surface area contributed by atoms with Crippen LogP contribution in [0.3, 0.4) is 0 Å². The zero-order valence-corrected chi connectivity index (χ0v) is 15.4. The third-order valence-electron chi connectivity index (χ3n) is 3.44. The van der Waals surface area contributed by atoms with E-state index in [4.69, 9.17) is 4.74 Å². The van der Waals surface area contributed by atoms with Crippen molar-refractivity contribution in [3.63, 3.8) is 0 Å². The molecule has 9 heteroatoms. The normalized spacial score (nSPS) is 10.7. The van der Waals surface area contributed by atoms with Crippen molar-refractivity contribution in [3.8, 4) is 0 Å². The monoisotopic (exact) mass is 391 g/mol. The lowest BCUT2D eigenvalue weighted by Crippen LogP contribution is -2.21. The van der Waals surface area contributed by atoms with E-state index in [1.807, 2.05) is 0 Å². The van der Waals surface area contributed by atoms with Gasteiger partial charge in [0.2, 0.25) is 0 Å². The Kier molecular flexibility index (Phi) is 6.30. The van der Waals surface area contributed by atoms with Crippen molar-refractivity contribution < 1.29 is 32.3 Å². The quantitative estimate of drug-likeness (QED) is 0.745. The standard InChI is InChI=1S/C18H17NO7S/c1-25-17(21)12-3-7-14(8-4-12)19-16(20)11-26-18(22)13-5-9-15(10-6-13)27(2,23)24/h3-10H,11H2,1-2H3,(H,19,20). The lowest BCUT2D eigenvalue weighted by Gasteiger charge is -2.07. The largest absolute Gasteiger partial charge is 0.465 e. The van der Waals surface area contributed by atoms with Gasteiger partial charge in [-0.15, -0.1) is 0 Å². The maximum absolute atomic E-state index is 11.9. The predicted octanol–water partition coefficient (Wildman–Crippen LogP) is 1.67. The zero-order valence-electron chi connectivity index (χ0n) is 14.6. The third-order valence-corrected chi connectivity index (χ3v) is 4.57. The van der Waals surface area contributed by atoms with E-state index in [0.29, 0.717) is 11.3 Å². The Labute approximate surface area is 156 Å². The molecule has 142 valence electrons. The predicted molar refractivity (Wildman–Crippen MR) is 96.2 cm³/mol. The summed E-state index contributed by atoms with van der Waals surface area (Å²) < 4.78 is 32.2. The molecule has 0 saturated carbocycles. The highest BCUT2D eigenvalue weighted by Gasteiger charge is 2.13. The maximum Gasteiger partial charge on any atom is 0.338 e. The Hall–Kier alpha value is -3.20. The smallest absolute Gasteiger partial charge is 0.338 e. The van der Waals surface area contributed by atoms with E-state index in [1.54, 1.807) is 0 Å². The molecule has 0 aliphatic rings. The second kappa shape index (κ2) is 8.45. The molecular weight excluding hydrogens is 374 g/mol. The first-order chi connectivity index (χ1) is 12.7. The molecule has 1 amide bonds. The topological polar surface area (TPSA) is 116 Å². The molecule has 0 aromatic heterocycles. The van der Waals surface area contributed by atoms with E-state index in [-0.39, 0.29) is 10.5 Å². The van der Waals surface area contributed by atoms with Crippen molar-refractivity contribution in [1.82, 2.24) is 0 Å². The van der Waals surface area contributed by atoms with Gasteiger partial charge >= 0.3 is 11.9 Å². The van der Waals surface area contributed by atoms with Gasteiger partial charge in [-0.1, -0.05) is 0 Å². The minimum atomic E-state index is -3.36. The van der Waals surface area contributed by atoms with Gasteiger partial charge in [0.25, 0.3) is 5.91 Å². The van der Waals surface area contributed by atoms with Crippen molar-refractivity contribution >= 4 is 33.4 Å². The molecule has 0 aliphatic carbocycles. The molecule has 0 saturated heterocycles. The first-order valence-electron chi connectivity index (χ1n) is 7.66. The van der Waals surface area contributed by atoms with Gasteiger partial charge in [-0.25, -0.2) is 18.0 Å². The van der Waals surface area contributed by atoms with Gasteiger partial charge in [-0.2, -0.15) is 0 Å². The van der Waals surface area contributed by atoms with Gasteiger partial charge in [0, 0.05) is 11.9 Å². The molecule has 8 nitrogen and oxygen atoms in total. The second-order valence-corrected chi connectivity index (χ2v) is 7.51. The number of amides is 1. The van der Waals surface area contributed by atoms with Crippen molar-refractivity contribution in [2.24, 2.45) is 0 Å². The van der Waals surface area contributed by atoms with Crippen LogP contribution in [0.5, 0.6) is 0 Å². The minimum Gasteiger partial charge on any atom is -0.465 e. The van der Waals surface area contributed by atoms with Crippen LogP contribution in [0, 0.1) is 0 Å². The Morgan fingerprint density at radius 2 is 1.41 bits per heavy atom. The van der Waals surface area contributed by atoms with Crippen molar-refractivity contribution in [2.75, 3.05) is 25.3 Å². The first kappa shape index (κ1) is 20.1. The van der Waals surface area contributed by atoms with Crippen LogP contribution in [0.4, 0.5) is 5.69 Å². The van der Waals surface area contributed by atoms with E-state index in [2.05, 4.69) is 10.1 Å². The number of sulfone groups is 1. The van der Waals surface area contributed by atoms with Gasteiger partial charge in [-0.05, 0) is 48.5 Å². The Morgan fingerprint density at radius 1 is 0.889 bits per heavy atom. The van der Waals surface area contributed by atoms with E-state index >= 15 is 0 Å². The molecule has 27 heavy (non-hydrogen) atoms. The van der Waals surface area contributed by atoms with Crippen molar-refractivity contribution in [1.29, 1.82) is 0 Å². The number of carbonyl (C=O) groups is 3. The lowest BCUT2D eigenvalue weighted by atomic mass is 10.2. The van der Waals surface area contributed by atoms with Crippen molar-refractivity contribution in [3.05, 3.63) is 59.7 Å². The van der Waals surface area contributed by atoms with Gasteiger partial charge in [0.15, 0.2) is 16.4 Å². The highest BCUT2D eigenvalue weighted by atomic mass is 32.2. The summed E-state index contributed by atoms with van der Waals surface area (Å²) in [4.78, 5) is 35.2. The van der Waals surface area contributed by atoms with E-state index in [9.17, 15) is 22.8 Å². The van der Waals surface area contributed by atoms with Crippen LogP contribution in [0.1, 0.15) is 20.7 Å². The summed E-state index contributed by atoms with van der Waals surface area (Å²) in [5.74, 6) is -1.82. The summed E-state index contributed by atoms with van der Waals surface area (Å²) in [6.07, 6.45) is 1.06. The molecule has 2 aromatic rings. The number of carbonyl (C=O) groups excluding carboxylic acids is 3. The molecule has 0 heterocycles. The number of anilines is 1. The first-order valence-corrected chi connectivity index (χ1v) is 9.55. The maximum atomic E-state index is 11.9. The van der Waals surface area contributed by atoms with Gasteiger partial charge in [-0.3, -0.25) is 4.79 Å². The van der Waals surface area contributed by atoms with E-state index in [1.165, 1.54) is 55.6 Å². The second-order valence-electron chi connectivity index (χ2n) is 5.49. The third kappa shape index (κ3) is 5.65. The number of nitrogens with one attached hydrogen (secondary N) is 1. The van der Waals surface area contributed by atoms with Crippen molar-refractivity contribution in [2.45, 2.75) is 4.90 Å². The summed E-state index contributed by atoms with van der Waals surface area (Å²) >= 11 is 0. The molecule has 1 N–H and O–H groups in total. The van der Waals surface area contributed by atoms with Crippen LogP contribution >= 0.6 is 0 Å². The van der Waals surface area contributed by atoms with Crippen LogP contribution < -0.4 is 5.32 Å². The highest BCUT2D eigenvalue weighted by molar-refractivity contribution is 7.90. The highest BCUT2D eigenvalue weighted by Crippen LogP contribution is 2.12. The lowest BCUT2D eigenvalue weighted by molar-refractivity contribution is -0.119. The van der Waals surface area contributed by atoms with Crippen LogP contribution in [-0.2, 0) is 24.1 Å². The molecule has 0 atom stereocenters. The fourth-order valence-electron chi connectivity index (χ4n) is 2.06. The fraction of sp³-hybridized carbons (Fsp3) is 0.167. The van der Waals surface area contributed by atoms with Crippen LogP contribution in [0.25, 0.3) is 0 Å². The fourth-order valence-corrected chi connectivity index (χ4v) is 2.69. The summed E-state index contributed by atoms with van der Waals surface area (Å²) in [5, 5.41) is 2.51. The SMILES string of the molecule is COC(=O)c1ccc(NC(=O)COC(=O)c2ccc(S(C)(=O)=O)cc2)cc1. The summed E-state index contributed by atoms with van der Waals surface area (Å²) in [5.41, 5.74) is 0.873. The van der Waals surface area contributed by atoms with Gasteiger partial charge in [0.05, 0.1) is 23.1 Å². The minimum absolute atomic E-state index is 0.0761. The number of hydrogen-bond acceptors (Lipinski definition) is 7. The molecule has 0 bridgehead atoms. The van der Waals surface area contributed by atoms with E-state index in [0.717, 1.165) is 6.26 Å². The summed E-state index contributed by atoms with van der Waals surface area (Å²) in [6.45, 7) is -0.522. The summed E-state index contributed by atoms with van der Waals surface area (Å²) in [6, 6.07) is 11.2. The van der Waals surface area contributed by atoms with Gasteiger partial charge < -0.3 is 14.8 Å². The zero-order chi connectivity index (χ0) is 20.0. The molecule has 0 spiro atoms. The molecule has 2 aromatic carbocycles. The van der Waals surface area contributed by atoms with Gasteiger partial charge in [0.1, 0.15) is 0 Å². The average molecular weight is 391 g/mol. The summed E-state index contributed by atoms with van der Waals surface area (Å²) in [7, 11) is -2.10. The van der Waals surface area contributed by atoms with Crippen LogP contribution in [0.2, 0.25) is 0 Å². The van der Waals surface area contributed by atoms with Crippen LogP contribution in [-0.4, -0.2) is 46.2 Å². The molecule has 0 unspecified atom stereocenters. The van der Waals surface area contributed by atoms with Crippen LogP contribution in [0.15, 0.2) is 53.4 Å². The average Bonchev–Trinajstić information content (AvgIpc) is 2.65. The molecule has 0 aliphatic heterocycles. The molecule has 2 rings (SSSR count). The number of methoxy groups -OCH3 is 1. The number of hydrogen-bond donors (Lipinski definition) is 1. The number of benzene rings is 2.